The van der Waals surface area contributed by atoms with E-state index < -0.39 is 0 Å². The zero-order chi connectivity index (χ0) is 16.3. The van der Waals surface area contributed by atoms with E-state index in [1.54, 1.807) is 0 Å². The molecule has 8 heteroatoms. The fraction of sp³-hybridized carbons (Fsp3) is 0.429. The summed E-state index contributed by atoms with van der Waals surface area (Å²) in [6.07, 6.45) is 2.97. The van der Waals surface area contributed by atoms with Crippen LogP contribution in [-0.2, 0) is 13.1 Å². The highest BCUT2D eigenvalue weighted by atomic mass is 16.3. The van der Waals surface area contributed by atoms with Crippen molar-refractivity contribution in [2.24, 2.45) is 0 Å². The van der Waals surface area contributed by atoms with Crippen LogP contribution in [0.5, 0.6) is 35.0 Å². The molecule has 0 aromatic carbocycles. The van der Waals surface area contributed by atoms with Gasteiger partial charge < -0.3 is 30.6 Å². The molecule has 0 fully saturated rings. The van der Waals surface area contributed by atoms with Gasteiger partial charge in [0.05, 0.1) is 0 Å². The molecule has 0 radical (unpaired) electrons. The molecule has 2 heterocycles. The summed E-state index contributed by atoms with van der Waals surface area (Å²) >= 11 is 0. The Morgan fingerprint density at radius 2 is 0.955 bits per heavy atom. The molecule has 8 nitrogen and oxygen atoms in total. The first kappa shape index (κ1) is 15.7. The van der Waals surface area contributed by atoms with Gasteiger partial charge in [-0.05, 0) is 12.8 Å². The molecule has 6 N–H and O–H groups in total. The second-order valence-electron chi connectivity index (χ2n) is 5.14. The number of rotatable bonds is 7. The summed E-state index contributed by atoms with van der Waals surface area (Å²) in [5.41, 5.74) is 0. The van der Waals surface area contributed by atoms with E-state index in [-0.39, 0.29) is 35.0 Å². The van der Waals surface area contributed by atoms with E-state index in [1.165, 1.54) is 9.13 Å². The fourth-order valence-electron chi connectivity index (χ4n) is 2.36. The maximum atomic E-state index is 9.50. The standard InChI is InChI=1S/C14H20N2O6/c17-9-7-11(19)15(13(9)21)5-3-1-2-4-6-16-12(20)8-10(18)14(16)22/h7-8,17-22H,1-6H2. The van der Waals surface area contributed by atoms with Crippen molar-refractivity contribution in [2.75, 3.05) is 0 Å². The molecule has 2 aromatic heterocycles. The Kier molecular flexibility index (Phi) is 4.59. The first-order valence-corrected chi connectivity index (χ1v) is 7.02. The summed E-state index contributed by atoms with van der Waals surface area (Å²) < 4.78 is 2.44. The largest absolute Gasteiger partial charge is 0.503 e. The maximum absolute atomic E-state index is 9.50. The zero-order valence-electron chi connectivity index (χ0n) is 12.0. The fourth-order valence-corrected chi connectivity index (χ4v) is 2.36. The Morgan fingerprint density at radius 3 is 1.23 bits per heavy atom. The Morgan fingerprint density at radius 1 is 0.591 bits per heavy atom. The van der Waals surface area contributed by atoms with Gasteiger partial charge in [-0.2, -0.15) is 0 Å². The van der Waals surface area contributed by atoms with Crippen molar-refractivity contribution < 1.29 is 30.6 Å². The topological polar surface area (TPSA) is 131 Å². The summed E-state index contributed by atoms with van der Waals surface area (Å²) in [6.45, 7) is 0.748. The van der Waals surface area contributed by atoms with Crippen LogP contribution >= 0.6 is 0 Å². The molecule has 0 aliphatic heterocycles. The van der Waals surface area contributed by atoms with E-state index in [9.17, 15) is 30.6 Å². The minimum atomic E-state index is -0.352. The van der Waals surface area contributed by atoms with Crippen LogP contribution in [0.1, 0.15) is 25.7 Å². The van der Waals surface area contributed by atoms with Gasteiger partial charge in [0.2, 0.25) is 11.8 Å². The van der Waals surface area contributed by atoms with Crippen LogP contribution in [0.3, 0.4) is 0 Å². The monoisotopic (exact) mass is 312 g/mol. The Balaban J connectivity index is 1.72. The molecule has 22 heavy (non-hydrogen) atoms. The second kappa shape index (κ2) is 6.42. The Bertz CT molecular complexity index is 590. The van der Waals surface area contributed by atoms with Crippen LogP contribution in [0.15, 0.2) is 12.1 Å². The van der Waals surface area contributed by atoms with Crippen LogP contribution in [0.25, 0.3) is 0 Å². The van der Waals surface area contributed by atoms with E-state index in [1.807, 2.05) is 0 Å². The average Bonchev–Trinajstić information content (AvgIpc) is 2.84. The van der Waals surface area contributed by atoms with Crippen molar-refractivity contribution >= 4 is 0 Å². The van der Waals surface area contributed by atoms with Crippen molar-refractivity contribution in [3.63, 3.8) is 0 Å². The second-order valence-corrected chi connectivity index (χ2v) is 5.14. The molecular weight excluding hydrogens is 292 g/mol. The number of hydrogen-bond donors (Lipinski definition) is 6. The lowest BCUT2D eigenvalue weighted by Gasteiger charge is -2.08. The molecule has 0 aliphatic carbocycles. The number of aromatic nitrogens is 2. The van der Waals surface area contributed by atoms with Crippen molar-refractivity contribution in [2.45, 2.75) is 38.8 Å². The predicted octanol–water partition coefficient (Wildman–Crippen LogP) is 1.78. The zero-order valence-corrected chi connectivity index (χ0v) is 12.0. The normalized spacial score (nSPS) is 11.1. The number of unbranched alkanes of at least 4 members (excludes halogenated alkanes) is 3. The molecular formula is C14H20N2O6. The molecule has 0 atom stereocenters. The van der Waals surface area contributed by atoms with Gasteiger partial charge in [0, 0.05) is 25.2 Å². The maximum Gasteiger partial charge on any atom is 0.237 e. The molecule has 0 aliphatic rings. The van der Waals surface area contributed by atoms with Gasteiger partial charge in [-0.25, -0.2) is 0 Å². The number of aromatic hydroxyl groups is 6. The van der Waals surface area contributed by atoms with Gasteiger partial charge in [-0.3, -0.25) is 9.13 Å². The lowest BCUT2D eigenvalue weighted by atomic mass is 10.2. The van der Waals surface area contributed by atoms with Gasteiger partial charge in [0.15, 0.2) is 23.3 Å². The molecule has 2 aromatic rings. The molecule has 0 spiro atoms. The number of hydrogen-bond acceptors (Lipinski definition) is 6. The van der Waals surface area contributed by atoms with E-state index in [0.29, 0.717) is 25.9 Å². The van der Waals surface area contributed by atoms with E-state index in [4.69, 9.17) is 0 Å². The first-order chi connectivity index (χ1) is 10.4. The van der Waals surface area contributed by atoms with Crippen LogP contribution in [0, 0.1) is 0 Å². The lowest BCUT2D eigenvalue weighted by molar-refractivity contribution is 0.340. The molecule has 122 valence electrons. The smallest absolute Gasteiger partial charge is 0.237 e. The minimum absolute atomic E-state index is 0.187. The Hall–Kier alpha value is -2.64. The van der Waals surface area contributed by atoms with Crippen molar-refractivity contribution in [3.8, 4) is 35.0 Å². The van der Waals surface area contributed by atoms with Crippen molar-refractivity contribution in [1.29, 1.82) is 0 Å². The highest BCUT2D eigenvalue weighted by Gasteiger charge is 2.13. The molecule has 2 rings (SSSR count). The third kappa shape index (κ3) is 3.16. The minimum Gasteiger partial charge on any atom is -0.503 e. The van der Waals surface area contributed by atoms with Crippen molar-refractivity contribution in [1.82, 2.24) is 9.13 Å². The van der Waals surface area contributed by atoms with E-state index in [0.717, 1.165) is 25.0 Å². The van der Waals surface area contributed by atoms with Gasteiger partial charge in [0.25, 0.3) is 0 Å². The first-order valence-electron chi connectivity index (χ1n) is 7.02. The predicted molar refractivity (Wildman–Crippen MR) is 77.3 cm³/mol. The molecule has 0 amide bonds. The summed E-state index contributed by atoms with van der Waals surface area (Å²) in [6, 6.07) is 2.17. The summed E-state index contributed by atoms with van der Waals surface area (Å²) in [5.74, 6) is -1.78. The molecule has 0 saturated heterocycles. The molecule has 0 saturated carbocycles. The summed E-state index contributed by atoms with van der Waals surface area (Å²) in [7, 11) is 0. The highest BCUT2D eigenvalue weighted by Crippen LogP contribution is 2.34. The quantitative estimate of drug-likeness (QED) is 0.432. The lowest BCUT2D eigenvalue weighted by Crippen LogP contribution is -1.99. The summed E-state index contributed by atoms with van der Waals surface area (Å²) in [4.78, 5) is 0. The molecule has 0 bridgehead atoms. The van der Waals surface area contributed by atoms with Crippen LogP contribution in [-0.4, -0.2) is 39.8 Å². The summed E-state index contributed by atoms with van der Waals surface area (Å²) in [5, 5.41) is 56.5. The highest BCUT2D eigenvalue weighted by molar-refractivity contribution is 5.40. The van der Waals surface area contributed by atoms with Gasteiger partial charge in [0.1, 0.15) is 0 Å². The Labute approximate surface area is 126 Å². The van der Waals surface area contributed by atoms with Crippen molar-refractivity contribution in [3.05, 3.63) is 12.1 Å². The van der Waals surface area contributed by atoms with Crippen LogP contribution < -0.4 is 0 Å². The third-order valence-corrected chi connectivity index (χ3v) is 3.57. The van der Waals surface area contributed by atoms with Gasteiger partial charge in [-0.1, -0.05) is 12.8 Å². The van der Waals surface area contributed by atoms with Crippen LogP contribution in [0.2, 0.25) is 0 Å². The SMILES string of the molecule is Oc1cc(O)n(CCCCCCn2c(O)cc(O)c2O)c1O. The van der Waals surface area contributed by atoms with Gasteiger partial charge in [-0.15, -0.1) is 0 Å². The third-order valence-electron chi connectivity index (χ3n) is 3.57. The van der Waals surface area contributed by atoms with Crippen LogP contribution in [0.4, 0.5) is 0 Å². The van der Waals surface area contributed by atoms with E-state index in [2.05, 4.69) is 0 Å². The number of nitrogens with zero attached hydrogens (tertiary/aromatic N) is 2. The molecule has 0 unspecified atom stereocenters. The van der Waals surface area contributed by atoms with E-state index >= 15 is 0 Å². The van der Waals surface area contributed by atoms with Gasteiger partial charge >= 0.3 is 0 Å². The average molecular weight is 312 g/mol.